The highest BCUT2D eigenvalue weighted by atomic mass is 16.6. The number of aliphatic hydroxyl groups is 3. The Balaban J connectivity index is 1.82. The molecule has 0 radical (unpaired) electrons. The molecule has 46 heavy (non-hydrogen) atoms. The molecule has 0 saturated heterocycles. The van der Waals surface area contributed by atoms with E-state index < -0.39 is 83.1 Å². The SMILES string of the molecule is CC(=O)O[C@H]1C[C@@H]2[C@@H](OC(C)=O)C=C3C[C@@](C)(C(=O)[C@H](O)C(=C1C)C2(C)C)[C@@H](O)C[C@@H]3OC(=O)[C@H](O)[C@H](c1ccccc1)N(C)C. The summed E-state index contributed by atoms with van der Waals surface area (Å²) in [6.07, 6.45) is -5.77. The molecule has 0 heterocycles. The van der Waals surface area contributed by atoms with E-state index in [-0.39, 0.29) is 19.3 Å². The molecule has 3 aliphatic carbocycles. The number of ether oxygens (including phenoxy) is 3. The fourth-order valence-electron chi connectivity index (χ4n) is 7.67. The Bertz CT molecular complexity index is 1420. The second-order valence-electron chi connectivity index (χ2n) is 13.9. The molecule has 3 aliphatic rings. The monoisotopic (exact) mass is 641 g/mol. The van der Waals surface area contributed by atoms with Gasteiger partial charge in [-0.15, -0.1) is 0 Å². The summed E-state index contributed by atoms with van der Waals surface area (Å²) in [4.78, 5) is 54.0. The van der Waals surface area contributed by atoms with Crippen LogP contribution in [-0.2, 0) is 33.4 Å². The summed E-state index contributed by atoms with van der Waals surface area (Å²) >= 11 is 0. The van der Waals surface area contributed by atoms with Crippen molar-refractivity contribution in [1.82, 2.24) is 4.90 Å². The van der Waals surface area contributed by atoms with E-state index in [0.717, 1.165) is 0 Å². The van der Waals surface area contributed by atoms with Gasteiger partial charge in [-0.2, -0.15) is 0 Å². The van der Waals surface area contributed by atoms with Gasteiger partial charge in [0.2, 0.25) is 0 Å². The average Bonchev–Trinajstić information content (AvgIpc) is 2.95. The van der Waals surface area contributed by atoms with Crippen molar-refractivity contribution in [2.75, 3.05) is 14.1 Å². The van der Waals surface area contributed by atoms with Crippen molar-refractivity contribution in [3.05, 3.63) is 58.7 Å². The normalized spacial score (nSPS) is 32.2. The number of hydrogen-bond donors (Lipinski definition) is 3. The van der Waals surface area contributed by atoms with Gasteiger partial charge in [0.15, 0.2) is 11.9 Å². The Morgan fingerprint density at radius 1 is 0.935 bits per heavy atom. The number of fused-ring (bicyclic) bond motifs is 4. The largest absolute Gasteiger partial charge is 0.458 e. The quantitative estimate of drug-likeness (QED) is 0.228. The lowest BCUT2D eigenvalue weighted by Crippen LogP contribution is -2.56. The molecular formula is C35H47NO10. The van der Waals surface area contributed by atoms with E-state index in [1.54, 1.807) is 63.2 Å². The molecule has 0 aliphatic heterocycles. The second-order valence-corrected chi connectivity index (χ2v) is 13.9. The number of likely N-dealkylation sites (N-methyl/N-ethyl adjacent to an activating group) is 1. The van der Waals surface area contributed by atoms with Crippen LogP contribution in [0.5, 0.6) is 0 Å². The molecule has 1 aromatic carbocycles. The maximum atomic E-state index is 14.2. The van der Waals surface area contributed by atoms with Gasteiger partial charge in [0.05, 0.1) is 17.6 Å². The molecule has 0 unspecified atom stereocenters. The van der Waals surface area contributed by atoms with Crippen LogP contribution in [0.25, 0.3) is 0 Å². The van der Waals surface area contributed by atoms with E-state index in [9.17, 15) is 34.5 Å². The minimum Gasteiger partial charge on any atom is -0.458 e. The summed E-state index contributed by atoms with van der Waals surface area (Å²) in [5.74, 6) is -3.24. The van der Waals surface area contributed by atoms with Crippen LogP contribution >= 0.6 is 0 Å². The molecule has 0 aromatic heterocycles. The van der Waals surface area contributed by atoms with Crippen LogP contribution in [0.15, 0.2) is 53.1 Å². The van der Waals surface area contributed by atoms with Gasteiger partial charge in [0.1, 0.15) is 24.4 Å². The number of Topliss-reactive ketones (excluding diaryl/α,β-unsaturated/α-hetero) is 1. The Hall–Kier alpha value is -3.38. The summed E-state index contributed by atoms with van der Waals surface area (Å²) in [5, 5.41) is 34.4. The first kappa shape index (κ1) is 35.5. The number of benzene rings is 1. The summed E-state index contributed by atoms with van der Waals surface area (Å²) in [5.41, 5.74) is -0.440. The molecule has 252 valence electrons. The molecule has 0 spiro atoms. The lowest BCUT2D eigenvalue weighted by atomic mass is 9.57. The van der Waals surface area contributed by atoms with Gasteiger partial charge in [0, 0.05) is 26.2 Å². The summed E-state index contributed by atoms with van der Waals surface area (Å²) in [6, 6.07) is 8.28. The van der Waals surface area contributed by atoms with E-state index in [1.807, 2.05) is 19.9 Å². The van der Waals surface area contributed by atoms with Crippen molar-refractivity contribution in [3.8, 4) is 0 Å². The van der Waals surface area contributed by atoms with Crippen LogP contribution in [-0.4, -0.2) is 94.6 Å². The number of esters is 3. The van der Waals surface area contributed by atoms with Crippen molar-refractivity contribution in [1.29, 1.82) is 0 Å². The van der Waals surface area contributed by atoms with Crippen LogP contribution < -0.4 is 0 Å². The summed E-state index contributed by atoms with van der Waals surface area (Å²) < 4.78 is 17.4. The number of hydrogen-bond acceptors (Lipinski definition) is 11. The molecule has 3 N–H and O–H groups in total. The third-order valence-corrected chi connectivity index (χ3v) is 10.1. The first-order chi connectivity index (χ1) is 21.4. The van der Waals surface area contributed by atoms with Crippen LogP contribution in [0.4, 0.5) is 0 Å². The van der Waals surface area contributed by atoms with Crippen molar-refractivity contribution < 1.29 is 48.7 Å². The van der Waals surface area contributed by atoms with Gasteiger partial charge in [-0.25, -0.2) is 4.79 Å². The molecular weight excluding hydrogens is 594 g/mol. The first-order valence-corrected chi connectivity index (χ1v) is 15.7. The van der Waals surface area contributed by atoms with Gasteiger partial charge in [-0.1, -0.05) is 44.2 Å². The third-order valence-electron chi connectivity index (χ3n) is 10.1. The first-order valence-electron chi connectivity index (χ1n) is 15.7. The Kier molecular flexibility index (Phi) is 10.3. The highest BCUT2D eigenvalue weighted by Gasteiger charge is 2.56. The lowest BCUT2D eigenvalue weighted by Gasteiger charge is -2.51. The number of rotatable bonds is 7. The molecule has 11 nitrogen and oxygen atoms in total. The van der Waals surface area contributed by atoms with E-state index >= 15 is 0 Å². The number of aliphatic hydroxyl groups excluding tert-OH is 3. The van der Waals surface area contributed by atoms with Gasteiger partial charge in [-0.3, -0.25) is 19.3 Å². The van der Waals surface area contributed by atoms with Gasteiger partial charge >= 0.3 is 17.9 Å². The maximum Gasteiger partial charge on any atom is 0.337 e. The standard InChI is InChI=1S/C35H47NO10/c1-18-24(44-19(2)37)15-23-26(45-20(3)38)14-22-17-35(6,32(42)30(40)28(18)34(23,4)5)27(39)16-25(22)46-33(43)31(41)29(36(7)8)21-12-10-9-11-13-21/h9-14,23-27,29-31,39-41H,15-17H2,1-8H3/t23-,24+,25+,26+,27+,29+,30-,31-,35-/m1/s1. The zero-order valence-electron chi connectivity index (χ0n) is 27.9. The maximum absolute atomic E-state index is 14.2. The highest BCUT2D eigenvalue weighted by molar-refractivity contribution is 5.92. The third kappa shape index (κ3) is 6.69. The number of carbonyl (C=O) groups is 4. The van der Waals surface area contributed by atoms with Crippen LogP contribution in [0.1, 0.15) is 72.4 Å². The highest BCUT2D eigenvalue weighted by Crippen LogP contribution is 2.53. The Morgan fingerprint density at radius 3 is 2.11 bits per heavy atom. The van der Waals surface area contributed by atoms with E-state index in [1.165, 1.54) is 13.8 Å². The topological polar surface area (TPSA) is 160 Å². The molecule has 1 fully saturated rings. The summed E-state index contributed by atoms with van der Waals surface area (Å²) in [6.45, 7) is 9.47. The zero-order valence-corrected chi connectivity index (χ0v) is 27.9. The molecule has 9 atom stereocenters. The van der Waals surface area contributed by atoms with Gasteiger partial charge < -0.3 is 29.5 Å². The molecule has 4 rings (SSSR count). The molecule has 1 aromatic rings. The fourth-order valence-corrected chi connectivity index (χ4v) is 7.67. The predicted octanol–water partition coefficient (Wildman–Crippen LogP) is 2.82. The molecule has 1 saturated carbocycles. The van der Waals surface area contributed by atoms with Crippen molar-refractivity contribution >= 4 is 23.7 Å². The average molecular weight is 642 g/mol. The van der Waals surface area contributed by atoms with E-state index in [0.29, 0.717) is 22.3 Å². The predicted molar refractivity (Wildman–Crippen MR) is 167 cm³/mol. The Morgan fingerprint density at radius 2 is 1.54 bits per heavy atom. The van der Waals surface area contributed by atoms with Crippen LogP contribution in [0, 0.1) is 16.7 Å². The minimum absolute atomic E-state index is 0.0987. The van der Waals surface area contributed by atoms with Crippen molar-refractivity contribution in [3.63, 3.8) is 0 Å². The fraction of sp³-hybridized carbons (Fsp3) is 0.600. The zero-order chi connectivity index (χ0) is 34.3. The number of nitrogens with zero attached hydrogens (tertiary/aromatic N) is 1. The van der Waals surface area contributed by atoms with Crippen molar-refractivity contribution in [2.45, 2.75) is 103 Å². The Labute approximate surface area is 270 Å². The smallest absolute Gasteiger partial charge is 0.337 e. The number of carbonyl (C=O) groups excluding carboxylic acids is 4. The van der Waals surface area contributed by atoms with Gasteiger partial charge in [-0.05, 0) is 74.6 Å². The summed E-state index contributed by atoms with van der Waals surface area (Å²) in [7, 11) is 3.46. The van der Waals surface area contributed by atoms with Crippen molar-refractivity contribution in [2.24, 2.45) is 16.7 Å². The second kappa shape index (κ2) is 13.4. The van der Waals surface area contributed by atoms with Gasteiger partial charge in [0.25, 0.3) is 0 Å². The molecule has 4 bridgehead atoms. The van der Waals surface area contributed by atoms with Crippen LogP contribution in [0.3, 0.4) is 0 Å². The minimum atomic E-state index is -1.65. The van der Waals surface area contributed by atoms with E-state index in [4.69, 9.17) is 14.2 Å². The lowest BCUT2D eigenvalue weighted by molar-refractivity contribution is -0.167. The number of ketones is 1. The molecule has 11 heteroatoms. The van der Waals surface area contributed by atoms with Crippen LogP contribution in [0.2, 0.25) is 0 Å². The molecule has 0 amide bonds. The van der Waals surface area contributed by atoms with E-state index in [2.05, 4.69) is 0 Å².